The molecule has 1 unspecified atom stereocenters. The summed E-state index contributed by atoms with van der Waals surface area (Å²) in [5.41, 5.74) is 6.13. The van der Waals surface area contributed by atoms with Crippen LogP contribution in [0.15, 0.2) is 40.5 Å². The van der Waals surface area contributed by atoms with Crippen molar-refractivity contribution in [2.75, 3.05) is 13.2 Å². The van der Waals surface area contributed by atoms with Crippen molar-refractivity contribution < 1.29 is 23.9 Å². The van der Waals surface area contributed by atoms with Gasteiger partial charge in [-0.1, -0.05) is 30.3 Å². The minimum Gasteiger partial charge on any atom is -0.466 e. The Balaban J connectivity index is 2.24. The number of amides is 1. The lowest BCUT2D eigenvalue weighted by Crippen LogP contribution is -2.50. The fraction of sp³-hybridized carbons (Fsp3) is 0.421. The first-order valence-corrected chi connectivity index (χ1v) is 9.12. The molecule has 1 aliphatic heterocycles. The molecule has 2 rings (SSSR count). The van der Waals surface area contributed by atoms with Gasteiger partial charge in [0.15, 0.2) is 5.84 Å². The van der Waals surface area contributed by atoms with Crippen LogP contribution in [0.3, 0.4) is 0 Å². The fourth-order valence-electron chi connectivity index (χ4n) is 2.58. The number of benzene rings is 1. The Kier molecular flexibility index (Phi) is 8.13. The van der Waals surface area contributed by atoms with E-state index in [0.29, 0.717) is 5.84 Å². The molecule has 9 nitrogen and oxygen atoms in total. The van der Waals surface area contributed by atoms with Gasteiger partial charge in [-0.2, -0.15) is 0 Å². The highest BCUT2D eigenvalue weighted by atomic mass is 16.5. The number of esters is 2. The summed E-state index contributed by atoms with van der Waals surface area (Å²) in [5, 5.41) is 8.14. The van der Waals surface area contributed by atoms with E-state index in [1.54, 1.807) is 13.8 Å². The number of rotatable bonds is 8. The van der Waals surface area contributed by atoms with Gasteiger partial charge in [0.25, 0.3) is 0 Å². The van der Waals surface area contributed by atoms with Crippen molar-refractivity contribution in [1.82, 2.24) is 10.9 Å². The summed E-state index contributed by atoms with van der Waals surface area (Å²) in [4.78, 5) is 35.5. The Morgan fingerprint density at radius 2 is 1.79 bits per heavy atom. The lowest BCUT2D eigenvalue weighted by atomic mass is 9.93. The molecule has 1 saturated heterocycles. The van der Waals surface area contributed by atoms with Crippen LogP contribution < -0.4 is 10.9 Å². The van der Waals surface area contributed by atoms with E-state index in [2.05, 4.69) is 21.1 Å². The third kappa shape index (κ3) is 6.19. The highest BCUT2D eigenvalue weighted by molar-refractivity contribution is 6.36. The maximum absolute atomic E-state index is 12.1. The van der Waals surface area contributed by atoms with E-state index < -0.39 is 11.9 Å². The smallest absolute Gasteiger partial charge is 0.354 e. The lowest BCUT2D eigenvalue weighted by molar-refractivity contribution is -0.142. The first-order valence-electron chi connectivity index (χ1n) is 9.12. The molecule has 2 N–H and O–H groups in total. The topological polar surface area (TPSA) is 118 Å². The molecule has 1 fully saturated rings. The largest absolute Gasteiger partial charge is 0.466 e. The van der Waals surface area contributed by atoms with Crippen LogP contribution in [-0.4, -0.2) is 42.6 Å². The second-order valence-electron chi connectivity index (χ2n) is 5.90. The van der Waals surface area contributed by atoms with E-state index in [-0.39, 0.29) is 50.0 Å². The molecule has 1 aromatic carbocycles. The van der Waals surface area contributed by atoms with Crippen molar-refractivity contribution >= 4 is 29.4 Å². The van der Waals surface area contributed by atoms with E-state index in [4.69, 9.17) is 9.47 Å². The average Bonchev–Trinajstić information content (AvgIpc) is 2.70. The molecule has 1 aliphatic rings. The van der Waals surface area contributed by atoms with E-state index in [9.17, 15) is 14.4 Å². The lowest BCUT2D eigenvalue weighted by Gasteiger charge is -2.25. The first-order chi connectivity index (χ1) is 13.5. The predicted molar refractivity (Wildman–Crippen MR) is 102 cm³/mol. The molecular formula is C19H24N4O5. The number of carbonyl (C=O) groups excluding carboxylic acids is 3. The number of amidine groups is 1. The van der Waals surface area contributed by atoms with E-state index >= 15 is 0 Å². The number of hydrogen-bond acceptors (Lipinski definition) is 7. The van der Waals surface area contributed by atoms with Crippen LogP contribution >= 0.6 is 0 Å². The van der Waals surface area contributed by atoms with Crippen molar-refractivity contribution in [3.63, 3.8) is 0 Å². The fourth-order valence-corrected chi connectivity index (χ4v) is 2.58. The molecule has 1 heterocycles. The number of nitrogens with zero attached hydrogens (tertiary/aromatic N) is 2. The van der Waals surface area contributed by atoms with Crippen molar-refractivity contribution in [2.45, 2.75) is 39.0 Å². The Morgan fingerprint density at radius 3 is 2.46 bits per heavy atom. The monoisotopic (exact) mass is 388 g/mol. The molecule has 0 bridgehead atoms. The van der Waals surface area contributed by atoms with Gasteiger partial charge in [0.05, 0.1) is 25.6 Å². The Bertz CT molecular complexity index is 761. The highest BCUT2D eigenvalue weighted by Crippen LogP contribution is 2.22. The van der Waals surface area contributed by atoms with Gasteiger partial charge in [-0.15, -0.1) is 10.2 Å². The molecule has 0 aliphatic carbocycles. The maximum atomic E-state index is 12.1. The molecule has 28 heavy (non-hydrogen) atoms. The minimum atomic E-state index is -0.646. The summed E-state index contributed by atoms with van der Waals surface area (Å²) in [5.74, 6) is -1.19. The third-order valence-corrected chi connectivity index (χ3v) is 3.91. The van der Waals surface area contributed by atoms with Crippen LogP contribution in [0.4, 0.5) is 0 Å². The van der Waals surface area contributed by atoms with Gasteiger partial charge in [0.2, 0.25) is 5.91 Å². The van der Waals surface area contributed by atoms with Crippen molar-refractivity contribution in [2.24, 2.45) is 10.2 Å². The first kappa shape index (κ1) is 21.1. The van der Waals surface area contributed by atoms with E-state index in [0.717, 1.165) is 5.56 Å². The summed E-state index contributed by atoms with van der Waals surface area (Å²) in [7, 11) is 0. The van der Waals surface area contributed by atoms with E-state index in [1.807, 2.05) is 30.3 Å². The van der Waals surface area contributed by atoms with Gasteiger partial charge in [-0.25, -0.2) is 4.79 Å². The maximum Gasteiger partial charge on any atom is 0.354 e. The second-order valence-corrected chi connectivity index (χ2v) is 5.90. The van der Waals surface area contributed by atoms with Crippen LogP contribution in [-0.2, 0) is 23.9 Å². The number of hydrogen-bond donors (Lipinski definition) is 2. The molecule has 9 heteroatoms. The Labute approximate surface area is 163 Å². The van der Waals surface area contributed by atoms with Crippen LogP contribution in [0.5, 0.6) is 0 Å². The molecule has 150 valence electrons. The van der Waals surface area contributed by atoms with Crippen LogP contribution in [0.2, 0.25) is 0 Å². The molecular weight excluding hydrogens is 364 g/mol. The number of hydrazine groups is 1. The molecule has 0 saturated carbocycles. The zero-order valence-corrected chi connectivity index (χ0v) is 15.9. The van der Waals surface area contributed by atoms with Gasteiger partial charge in [0.1, 0.15) is 5.71 Å². The quantitative estimate of drug-likeness (QED) is 0.395. The zero-order valence-electron chi connectivity index (χ0n) is 15.9. The van der Waals surface area contributed by atoms with Gasteiger partial charge >= 0.3 is 11.9 Å². The van der Waals surface area contributed by atoms with Crippen LogP contribution in [0.1, 0.15) is 44.6 Å². The molecule has 1 amide bonds. The zero-order chi connectivity index (χ0) is 20.4. The third-order valence-electron chi connectivity index (χ3n) is 3.91. The summed E-state index contributed by atoms with van der Waals surface area (Å²) < 4.78 is 9.85. The molecule has 0 radical (unpaired) electrons. The van der Waals surface area contributed by atoms with Gasteiger partial charge < -0.3 is 9.47 Å². The summed E-state index contributed by atoms with van der Waals surface area (Å²) in [6, 6.07) is 9.38. The number of nitrogens with one attached hydrogen (secondary N) is 2. The summed E-state index contributed by atoms with van der Waals surface area (Å²) in [6.07, 6.45) is 0.225. The minimum absolute atomic E-state index is 0.00733. The van der Waals surface area contributed by atoms with Gasteiger partial charge in [-0.3, -0.25) is 20.4 Å². The van der Waals surface area contributed by atoms with Crippen LogP contribution in [0.25, 0.3) is 0 Å². The van der Waals surface area contributed by atoms with Gasteiger partial charge in [-0.05, 0) is 19.4 Å². The van der Waals surface area contributed by atoms with Crippen LogP contribution in [0, 0.1) is 0 Å². The Morgan fingerprint density at radius 1 is 1.07 bits per heavy atom. The molecule has 1 aromatic rings. The summed E-state index contributed by atoms with van der Waals surface area (Å²) in [6.45, 7) is 3.82. The number of carbonyl (C=O) groups is 3. The highest BCUT2D eigenvalue weighted by Gasteiger charge is 2.27. The second kappa shape index (κ2) is 10.8. The average molecular weight is 388 g/mol. The van der Waals surface area contributed by atoms with Crippen molar-refractivity contribution in [1.29, 1.82) is 0 Å². The Hall–Kier alpha value is -3.23. The van der Waals surface area contributed by atoms with Crippen molar-refractivity contribution in [3.8, 4) is 0 Å². The molecule has 0 spiro atoms. The normalized spacial score (nSPS) is 18.2. The van der Waals surface area contributed by atoms with Gasteiger partial charge in [0, 0.05) is 12.8 Å². The SMILES string of the molecule is CCOC(=O)CC/C(=N/N=C1\NNC(=O)CC1c1ccccc1)C(=O)OCC. The summed E-state index contributed by atoms with van der Waals surface area (Å²) >= 11 is 0. The van der Waals surface area contributed by atoms with E-state index in [1.165, 1.54) is 0 Å². The van der Waals surface area contributed by atoms with Crippen molar-refractivity contribution in [3.05, 3.63) is 35.9 Å². The number of ether oxygens (including phenoxy) is 2. The predicted octanol–water partition coefficient (Wildman–Crippen LogP) is 1.46. The molecule has 0 aromatic heterocycles. The molecule has 1 atom stereocenters. The standard InChI is InChI=1S/C19H24N4O5/c1-3-27-17(25)11-10-15(19(26)28-4-2)20-22-18-14(12-16(24)21-23-18)13-8-6-5-7-9-13/h5-9,14H,3-4,10-12H2,1-2H3,(H,21,24)(H,22,23)/b20-15-.